The van der Waals surface area contributed by atoms with Crippen molar-refractivity contribution in [1.82, 2.24) is 25.2 Å². The molecular formula is C31H32F6N6O2. The molecule has 4 saturated heterocycles. The van der Waals surface area contributed by atoms with Gasteiger partial charge in [-0.05, 0) is 63.8 Å². The topological polar surface area (TPSA) is 75.6 Å². The molecule has 4 fully saturated rings. The third-order valence-electron chi connectivity index (χ3n) is 10.4. The molecule has 0 spiro atoms. The number of hydrogen-bond donors (Lipinski definition) is 1. The van der Waals surface area contributed by atoms with Crippen LogP contribution in [0.15, 0.2) is 12.1 Å². The van der Waals surface area contributed by atoms with Crippen molar-refractivity contribution in [3.05, 3.63) is 34.9 Å². The summed E-state index contributed by atoms with van der Waals surface area (Å²) in [5.74, 6) is -1.97. The minimum absolute atomic E-state index is 0.0363. The Morgan fingerprint density at radius 1 is 1.13 bits per heavy atom. The average Bonchev–Trinajstić information content (AvgIpc) is 3.62. The van der Waals surface area contributed by atoms with Crippen molar-refractivity contribution in [1.29, 1.82) is 0 Å². The quantitative estimate of drug-likeness (QED) is 0.386. The van der Waals surface area contributed by atoms with Crippen molar-refractivity contribution in [2.24, 2.45) is 0 Å². The molecule has 0 saturated carbocycles. The van der Waals surface area contributed by atoms with Gasteiger partial charge in [0.25, 0.3) is 0 Å². The minimum atomic E-state index is -4.99. The number of nitrogens with zero attached hydrogens (tertiary/aromatic N) is 5. The van der Waals surface area contributed by atoms with E-state index in [1.807, 2.05) is 11.8 Å². The van der Waals surface area contributed by atoms with Crippen molar-refractivity contribution in [3.8, 4) is 23.1 Å². The molecule has 0 amide bonds. The summed E-state index contributed by atoms with van der Waals surface area (Å²) in [6.07, 6.45) is -2.73. The largest absolute Gasteiger partial charge is 0.472 e. The number of rotatable bonds is 4. The fourth-order valence-electron chi connectivity index (χ4n) is 8.43. The van der Waals surface area contributed by atoms with Gasteiger partial charge in [0.2, 0.25) is 5.88 Å². The van der Waals surface area contributed by atoms with E-state index in [0.29, 0.717) is 25.3 Å². The predicted molar refractivity (Wildman–Crippen MR) is 152 cm³/mol. The molecule has 5 aliphatic rings. The Morgan fingerprint density at radius 3 is 2.76 bits per heavy atom. The van der Waals surface area contributed by atoms with Crippen LogP contribution in [0.2, 0.25) is 0 Å². The van der Waals surface area contributed by atoms with Crippen LogP contribution in [0.1, 0.15) is 50.2 Å². The van der Waals surface area contributed by atoms with Crippen LogP contribution in [0.25, 0.3) is 22.2 Å². The van der Waals surface area contributed by atoms with E-state index < -0.39 is 58.0 Å². The van der Waals surface area contributed by atoms with Crippen molar-refractivity contribution >= 4 is 16.7 Å². The van der Waals surface area contributed by atoms with E-state index in [9.17, 15) is 22.0 Å². The molecule has 7 heterocycles. The number of alkyl halides is 4. The zero-order chi connectivity index (χ0) is 31.4. The van der Waals surface area contributed by atoms with Crippen molar-refractivity contribution in [2.45, 2.75) is 88.1 Å². The van der Waals surface area contributed by atoms with Gasteiger partial charge in [-0.1, -0.05) is 0 Å². The molecule has 0 unspecified atom stereocenters. The van der Waals surface area contributed by atoms with Crippen molar-refractivity contribution in [3.63, 3.8) is 0 Å². The Morgan fingerprint density at radius 2 is 1.96 bits per heavy atom. The molecule has 6 atom stereocenters. The SMILES string of the molecule is Cc1c(F)ccc(-c2nc3c4c(nc(OC[C@@]56CCCN5C[C@H](F)C6)nc4c2F)N2C[C@H]4CC[C@H](N4)[C@H]2[C@H](C)O3)c1C(F)(F)F. The van der Waals surface area contributed by atoms with Gasteiger partial charge in [-0.15, -0.1) is 0 Å². The normalized spacial score (nSPS) is 30.8. The number of pyridine rings is 1. The summed E-state index contributed by atoms with van der Waals surface area (Å²) in [6, 6.07) is 1.54. The Hall–Kier alpha value is -3.39. The van der Waals surface area contributed by atoms with Crippen LogP contribution in [-0.4, -0.2) is 82.0 Å². The molecule has 14 heteroatoms. The zero-order valence-corrected chi connectivity index (χ0v) is 24.7. The molecular weight excluding hydrogens is 602 g/mol. The number of anilines is 1. The third kappa shape index (κ3) is 4.45. The number of fused-ring (bicyclic) bond motifs is 6. The molecule has 8 nitrogen and oxygen atoms in total. The summed E-state index contributed by atoms with van der Waals surface area (Å²) in [5, 5.41) is 3.74. The van der Waals surface area contributed by atoms with Gasteiger partial charge in [0.05, 0.1) is 17.1 Å². The highest BCUT2D eigenvalue weighted by atomic mass is 19.4. The van der Waals surface area contributed by atoms with E-state index in [4.69, 9.17) is 14.5 Å². The molecule has 8 rings (SSSR count). The number of piperazine rings is 1. The van der Waals surface area contributed by atoms with Gasteiger partial charge in [-0.3, -0.25) is 4.90 Å². The van der Waals surface area contributed by atoms with Crippen LogP contribution in [0.4, 0.5) is 32.2 Å². The van der Waals surface area contributed by atoms with Gasteiger partial charge in [-0.2, -0.15) is 23.1 Å². The van der Waals surface area contributed by atoms with Crippen LogP contribution in [0, 0.1) is 18.6 Å². The van der Waals surface area contributed by atoms with E-state index in [-0.39, 0.29) is 47.5 Å². The highest BCUT2D eigenvalue weighted by molar-refractivity contribution is 5.97. The lowest BCUT2D eigenvalue weighted by Crippen LogP contribution is -2.62. The zero-order valence-electron chi connectivity index (χ0n) is 24.7. The lowest BCUT2D eigenvalue weighted by Gasteiger charge is -2.42. The Kier molecular flexibility index (Phi) is 6.49. The molecule has 0 aliphatic carbocycles. The average molecular weight is 635 g/mol. The first kappa shape index (κ1) is 29.0. The number of ether oxygens (including phenoxy) is 2. The second kappa shape index (κ2) is 10.1. The van der Waals surface area contributed by atoms with E-state index in [1.54, 1.807) is 0 Å². The summed E-state index contributed by atoms with van der Waals surface area (Å²) in [6.45, 7) is 4.54. The van der Waals surface area contributed by atoms with Gasteiger partial charge in [0.15, 0.2) is 5.82 Å². The van der Waals surface area contributed by atoms with Gasteiger partial charge >= 0.3 is 12.2 Å². The molecule has 45 heavy (non-hydrogen) atoms. The maximum Gasteiger partial charge on any atom is 0.417 e. The van der Waals surface area contributed by atoms with E-state index in [0.717, 1.165) is 51.3 Å². The highest BCUT2D eigenvalue weighted by Crippen LogP contribution is 2.47. The minimum Gasteiger partial charge on any atom is -0.472 e. The number of aromatic nitrogens is 3. The summed E-state index contributed by atoms with van der Waals surface area (Å²) in [4.78, 5) is 17.6. The van der Waals surface area contributed by atoms with Crippen LogP contribution in [-0.2, 0) is 6.18 Å². The summed E-state index contributed by atoms with van der Waals surface area (Å²) in [5.41, 5.74) is -4.11. The van der Waals surface area contributed by atoms with E-state index >= 15 is 4.39 Å². The van der Waals surface area contributed by atoms with Crippen LogP contribution in [0.3, 0.4) is 0 Å². The Labute approximate surface area is 255 Å². The summed E-state index contributed by atoms with van der Waals surface area (Å²) in [7, 11) is 0. The second-order valence-corrected chi connectivity index (χ2v) is 13.1. The van der Waals surface area contributed by atoms with Crippen LogP contribution < -0.4 is 19.7 Å². The first-order chi connectivity index (χ1) is 21.4. The van der Waals surface area contributed by atoms with Gasteiger partial charge < -0.3 is 19.7 Å². The third-order valence-corrected chi connectivity index (χ3v) is 10.4. The molecule has 1 aromatic carbocycles. The highest BCUT2D eigenvalue weighted by Gasteiger charge is 2.50. The van der Waals surface area contributed by atoms with Gasteiger partial charge in [0.1, 0.15) is 47.1 Å². The summed E-state index contributed by atoms with van der Waals surface area (Å²) >= 11 is 0. The lowest BCUT2D eigenvalue weighted by atomic mass is 9.95. The monoisotopic (exact) mass is 634 g/mol. The standard InChI is InChI=1S/C31H32F6N6O2/c1-14-19(33)6-5-18(22(14)31(35,36)37)24-23(34)25-21-27(41-29(40-25)44-13-30-8-3-9-42(30)11-16(32)10-30)43-12-17-4-7-20(38-17)26(43)15(2)45-28(21)39-24/h5-6,15-17,20,26,38H,3-4,7-13H2,1-2H3/t15-,16+,17+,20-,26+,30-/m0/s1. The predicted octanol–water partition coefficient (Wildman–Crippen LogP) is 5.34. The molecule has 240 valence electrons. The molecule has 2 aromatic heterocycles. The molecule has 2 bridgehead atoms. The number of benzene rings is 1. The molecule has 5 aliphatic heterocycles. The smallest absolute Gasteiger partial charge is 0.417 e. The maximum atomic E-state index is 16.7. The number of nitrogens with one attached hydrogen (secondary N) is 1. The molecule has 0 radical (unpaired) electrons. The summed E-state index contributed by atoms with van der Waals surface area (Å²) < 4.78 is 101. The van der Waals surface area contributed by atoms with Crippen molar-refractivity contribution < 1.29 is 35.8 Å². The maximum absolute atomic E-state index is 16.7. The fourth-order valence-corrected chi connectivity index (χ4v) is 8.43. The first-order valence-electron chi connectivity index (χ1n) is 15.4. The Bertz CT molecular complexity index is 1710. The van der Waals surface area contributed by atoms with Gasteiger partial charge in [-0.25, -0.2) is 18.2 Å². The second-order valence-electron chi connectivity index (χ2n) is 13.1. The van der Waals surface area contributed by atoms with Gasteiger partial charge in [0, 0.05) is 37.2 Å². The van der Waals surface area contributed by atoms with Crippen LogP contribution in [0.5, 0.6) is 11.9 Å². The van der Waals surface area contributed by atoms with Crippen LogP contribution >= 0.6 is 0 Å². The number of hydrogen-bond acceptors (Lipinski definition) is 8. The van der Waals surface area contributed by atoms with E-state index in [1.165, 1.54) is 0 Å². The van der Waals surface area contributed by atoms with E-state index in [2.05, 4.69) is 20.2 Å². The number of halogens is 6. The first-order valence-corrected chi connectivity index (χ1v) is 15.4. The Balaban J connectivity index is 1.32. The van der Waals surface area contributed by atoms with Crippen molar-refractivity contribution in [2.75, 3.05) is 31.1 Å². The molecule has 3 aromatic rings. The fraction of sp³-hybridized carbons (Fsp3) is 0.581. The molecule has 1 N–H and O–H groups in total. The lowest BCUT2D eigenvalue weighted by molar-refractivity contribution is -0.137.